The number of ether oxygens (including phenoxy) is 1. The van der Waals surface area contributed by atoms with Gasteiger partial charge < -0.3 is 20.7 Å². The molecule has 1 aromatic rings. The van der Waals surface area contributed by atoms with Gasteiger partial charge in [0.25, 0.3) is 0 Å². The van der Waals surface area contributed by atoms with Crippen molar-refractivity contribution in [2.75, 3.05) is 32.6 Å². The normalized spacial score (nSPS) is 17.5. The van der Waals surface area contributed by atoms with Gasteiger partial charge in [-0.2, -0.15) is 0 Å². The van der Waals surface area contributed by atoms with E-state index in [0.29, 0.717) is 6.61 Å². The minimum absolute atomic E-state index is 0.174. The van der Waals surface area contributed by atoms with Gasteiger partial charge in [-0.05, 0) is 42.5 Å². The number of carbonyl (C=O) groups excluding carboxylic acids is 1. The zero-order valence-corrected chi connectivity index (χ0v) is 12.7. The standard InChI is InChI=1S/C13H18BrN3O2/c1-17(2)4-3-5-19-11-7-10-8(6-9(11)14)12(15)13(18)16-10/h6-7,12H,3-5,15H2,1-2H3,(H,16,18). The van der Waals surface area contributed by atoms with Crippen LogP contribution in [0.2, 0.25) is 0 Å². The zero-order valence-electron chi connectivity index (χ0n) is 11.1. The molecule has 0 bridgehead atoms. The second-order valence-corrected chi connectivity index (χ2v) is 5.70. The van der Waals surface area contributed by atoms with Crippen molar-refractivity contribution in [3.8, 4) is 5.75 Å². The molecule has 1 aliphatic rings. The number of amides is 1. The molecule has 104 valence electrons. The van der Waals surface area contributed by atoms with Crippen molar-refractivity contribution in [1.82, 2.24) is 4.90 Å². The van der Waals surface area contributed by atoms with E-state index in [-0.39, 0.29) is 5.91 Å². The molecule has 1 amide bonds. The number of nitrogens with zero attached hydrogens (tertiary/aromatic N) is 1. The second kappa shape index (κ2) is 5.90. The van der Waals surface area contributed by atoms with Crippen molar-refractivity contribution in [2.45, 2.75) is 12.5 Å². The van der Waals surface area contributed by atoms with Gasteiger partial charge in [0.1, 0.15) is 11.8 Å². The van der Waals surface area contributed by atoms with Crippen LogP contribution in [0.15, 0.2) is 16.6 Å². The molecule has 6 heteroatoms. The molecule has 0 spiro atoms. The summed E-state index contributed by atoms with van der Waals surface area (Å²) in [5.41, 5.74) is 7.33. The van der Waals surface area contributed by atoms with Gasteiger partial charge in [-0.1, -0.05) is 0 Å². The van der Waals surface area contributed by atoms with Crippen molar-refractivity contribution in [3.05, 3.63) is 22.2 Å². The molecule has 5 nitrogen and oxygen atoms in total. The second-order valence-electron chi connectivity index (χ2n) is 4.84. The first-order chi connectivity index (χ1) is 8.99. The fourth-order valence-corrected chi connectivity index (χ4v) is 2.44. The molecule has 19 heavy (non-hydrogen) atoms. The van der Waals surface area contributed by atoms with E-state index in [1.54, 1.807) is 0 Å². The molecule has 0 aromatic heterocycles. The molecular weight excluding hydrogens is 310 g/mol. The summed E-state index contributed by atoms with van der Waals surface area (Å²) in [6.45, 7) is 1.61. The Bertz CT molecular complexity index is 491. The highest BCUT2D eigenvalue weighted by atomic mass is 79.9. The van der Waals surface area contributed by atoms with Crippen LogP contribution < -0.4 is 15.8 Å². The van der Waals surface area contributed by atoms with Gasteiger partial charge in [0.2, 0.25) is 5.91 Å². The number of carbonyl (C=O) groups is 1. The third-order valence-corrected chi connectivity index (χ3v) is 3.61. The van der Waals surface area contributed by atoms with Gasteiger partial charge in [-0.25, -0.2) is 0 Å². The first-order valence-electron chi connectivity index (χ1n) is 6.16. The van der Waals surface area contributed by atoms with Crippen LogP contribution >= 0.6 is 15.9 Å². The molecule has 3 N–H and O–H groups in total. The first kappa shape index (κ1) is 14.3. The predicted octanol–water partition coefficient (Wildman–Crippen LogP) is 1.73. The van der Waals surface area contributed by atoms with Crippen molar-refractivity contribution in [2.24, 2.45) is 5.73 Å². The Hall–Kier alpha value is -1.11. The lowest BCUT2D eigenvalue weighted by molar-refractivity contribution is -0.116. The van der Waals surface area contributed by atoms with Crippen LogP contribution in [0.1, 0.15) is 18.0 Å². The van der Waals surface area contributed by atoms with Crippen LogP contribution in [0.4, 0.5) is 5.69 Å². The van der Waals surface area contributed by atoms with Crippen molar-refractivity contribution >= 4 is 27.5 Å². The van der Waals surface area contributed by atoms with E-state index < -0.39 is 6.04 Å². The summed E-state index contributed by atoms with van der Waals surface area (Å²) in [5.74, 6) is 0.554. The van der Waals surface area contributed by atoms with E-state index in [1.165, 1.54) is 0 Å². The summed E-state index contributed by atoms with van der Waals surface area (Å²) in [6, 6.07) is 3.08. The quantitative estimate of drug-likeness (QED) is 0.808. The summed E-state index contributed by atoms with van der Waals surface area (Å²) in [4.78, 5) is 13.6. The molecule has 0 fully saturated rings. The lowest BCUT2D eigenvalue weighted by Gasteiger charge is -2.12. The maximum atomic E-state index is 11.5. The van der Waals surface area contributed by atoms with Gasteiger partial charge in [0.15, 0.2) is 0 Å². The van der Waals surface area contributed by atoms with Crippen molar-refractivity contribution in [3.63, 3.8) is 0 Å². The minimum atomic E-state index is -0.589. The molecule has 1 aromatic carbocycles. The van der Waals surface area contributed by atoms with Crippen LogP contribution in [0.25, 0.3) is 0 Å². The third-order valence-electron chi connectivity index (χ3n) is 2.99. The van der Waals surface area contributed by atoms with Crippen molar-refractivity contribution < 1.29 is 9.53 Å². The highest BCUT2D eigenvalue weighted by molar-refractivity contribution is 9.10. The molecule has 0 saturated heterocycles. The van der Waals surface area contributed by atoms with Gasteiger partial charge >= 0.3 is 0 Å². The summed E-state index contributed by atoms with van der Waals surface area (Å²) in [5, 5.41) is 2.75. The maximum Gasteiger partial charge on any atom is 0.245 e. The number of benzene rings is 1. The lowest BCUT2D eigenvalue weighted by atomic mass is 10.1. The van der Waals surface area contributed by atoms with E-state index in [1.807, 2.05) is 26.2 Å². The predicted molar refractivity (Wildman–Crippen MR) is 78.4 cm³/mol. The maximum absolute atomic E-state index is 11.5. The Labute approximate surface area is 121 Å². The van der Waals surface area contributed by atoms with Crippen LogP contribution in [0.3, 0.4) is 0 Å². The first-order valence-corrected chi connectivity index (χ1v) is 6.95. The van der Waals surface area contributed by atoms with Gasteiger partial charge in [0.05, 0.1) is 11.1 Å². The highest BCUT2D eigenvalue weighted by Gasteiger charge is 2.28. The fourth-order valence-electron chi connectivity index (χ4n) is 1.96. The van der Waals surface area contributed by atoms with E-state index in [9.17, 15) is 4.79 Å². The zero-order chi connectivity index (χ0) is 14.0. The van der Waals surface area contributed by atoms with Crippen LogP contribution in [0, 0.1) is 0 Å². The Morgan fingerprint density at radius 1 is 1.47 bits per heavy atom. The number of rotatable bonds is 5. The minimum Gasteiger partial charge on any atom is -0.492 e. The molecule has 2 rings (SSSR count). The smallest absolute Gasteiger partial charge is 0.245 e. The Morgan fingerprint density at radius 3 is 2.89 bits per heavy atom. The number of anilines is 1. The fraction of sp³-hybridized carbons (Fsp3) is 0.462. The van der Waals surface area contributed by atoms with Crippen LogP contribution in [-0.4, -0.2) is 38.1 Å². The molecule has 1 aliphatic heterocycles. The van der Waals surface area contributed by atoms with E-state index >= 15 is 0 Å². The van der Waals surface area contributed by atoms with Gasteiger partial charge in [-0.15, -0.1) is 0 Å². The van der Waals surface area contributed by atoms with Gasteiger partial charge in [-0.3, -0.25) is 4.79 Å². The summed E-state index contributed by atoms with van der Waals surface area (Å²) in [6.07, 6.45) is 0.947. The molecule has 1 unspecified atom stereocenters. The molecule has 1 heterocycles. The van der Waals surface area contributed by atoms with E-state index in [4.69, 9.17) is 10.5 Å². The van der Waals surface area contributed by atoms with Crippen molar-refractivity contribution in [1.29, 1.82) is 0 Å². The van der Waals surface area contributed by atoms with Gasteiger partial charge in [0, 0.05) is 23.9 Å². The highest BCUT2D eigenvalue weighted by Crippen LogP contribution is 2.37. The van der Waals surface area contributed by atoms with E-state index in [2.05, 4.69) is 26.1 Å². The number of nitrogens with one attached hydrogen (secondary N) is 1. The Kier molecular flexibility index (Phi) is 4.44. The molecular formula is C13H18BrN3O2. The van der Waals surface area contributed by atoms with Crippen LogP contribution in [-0.2, 0) is 4.79 Å². The largest absolute Gasteiger partial charge is 0.492 e. The number of hydrogen-bond acceptors (Lipinski definition) is 4. The molecule has 0 aliphatic carbocycles. The number of hydrogen-bond donors (Lipinski definition) is 2. The SMILES string of the molecule is CN(C)CCCOc1cc2c(cc1Br)C(N)C(=O)N2. The Balaban J connectivity index is 2.03. The summed E-state index contributed by atoms with van der Waals surface area (Å²) >= 11 is 3.45. The van der Waals surface area contributed by atoms with E-state index in [0.717, 1.165) is 34.4 Å². The number of fused-ring (bicyclic) bond motifs is 1. The topological polar surface area (TPSA) is 67.6 Å². The average Bonchev–Trinajstić information content (AvgIpc) is 2.61. The Morgan fingerprint density at radius 2 is 2.21 bits per heavy atom. The molecule has 0 saturated carbocycles. The monoisotopic (exact) mass is 327 g/mol. The van der Waals surface area contributed by atoms with Crippen LogP contribution in [0.5, 0.6) is 5.75 Å². The number of nitrogens with two attached hydrogens (primary N) is 1. The summed E-state index contributed by atoms with van der Waals surface area (Å²) in [7, 11) is 4.06. The third kappa shape index (κ3) is 3.26. The summed E-state index contributed by atoms with van der Waals surface area (Å²) < 4.78 is 6.54. The average molecular weight is 328 g/mol. The lowest BCUT2D eigenvalue weighted by Crippen LogP contribution is -2.19. The number of halogens is 1. The molecule has 1 atom stereocenters. The molecule has 0 radical (unpaired) electrons.